The van der Waals surface area contributed by atoms with Crippen LogP contribution in [0.2, 0.25) is 0 Å². The minimum atomic E-state index is -2.74. The lowest BCUT2D eigenvalue weighted by molar-refractivity contribution is -0.384. The Hall–Kier alpha value is -4.55. The van der Waals surface area contributed by atoms with Crippen molar-refractivity contribution in [1.82, 2.24) is 4.90 Å². The number of aromatic hydroxyl groups is 1. The molecule has 2 aromatic rings. The van der Waals surface area contributed by atoms with Crippen LogP contribution in [0.5, 0.6) is 5.75 Å². The number of para-hydroxylation sites is 1. The smallest absolute Gasteiger partial charge is 0.277 e. The maximum Gasteiger partial charge on any atom is 0.277 e. The zero-order valence-electron chi connectivity index (χ0n) is 20.9. The molecule has 0 aliphatic heterocycles. The summed E-state index contributed by atoms with van der Waals surface area (Å²) in [5.74, 6) is -7.54. The van der Waals surface area contributed by atoms with E-state index in [1.54, 1.807) is 6.07 Å². The van der Waals surface area contributed by atoms with E-state index in [0.717, 1.165) is 0 Å². The fourth-order valence-corrected chi connectivity index (χ4v) is 6.36. The molecule has 2 unspecified atom stereocenters. The van der Waals surface area contributed by atoms with Gasteiger partial charge in [-0.25, -0.2) is 0 Å². The van der Waals surface area contributed by atoms with Crippen LogP contribution in [0.3, 0.4) is 0 Å². The van der Waals surface area contributed by atoms with Gasteiger partial charge in [0.25, 0.3) is 11.6 Å². The van der Waals surface area contributed by atoms with E-state index >= 15 is 0 Å². The summed E-state index contributed by atoms with van der Waals surface area (Å²) in [5, 5.41) is 56.3. The highest BCUT2D eigenvalue weighted by atomic mass is 16.6. The first-order chi connectivity index (χ1) is 18.3. The summed E-state index contributed by atoms with van der Waals surface area (Å²) in [4.78, 5) is 51.7. The van der Waals surface area contributed by atoms with E-state index in [1.807, 2.05) is 0 Å². The summed E-state index contributed by atoms with van der Waals surface area (Å²) in [5.41, 5.74) is 2.00. The highest BCUT2D eigenvalue weighted by Crippen LogP contribution is 2.54. The topological polar surface area (TPSA) is 205 Å². The van der Waals surface area contributed by atoms with Crippen molar-refractivity contribution in [2.75, 3.05) is 14.1 Å². The largest absolute Gasteiger partial charge is 0.508 e. The molecule has 0 spiro atoms. The number of nitrogens with two attached hydrogens (primary N) is 1. The van der Waals surface area contributed by atoms with Gasteiger partial charge in [0.2, 0.25) is 5.78 Å². The van der Waals surface area contributed by atoms with Crippen molar-refractivity contribution in [3.63, 3.8) is 0 Å². The molecule has 1 saturated carbocycles. The number of carbonyl (C=O) groups excluding carboxylic acids is 3. The summed E-state index contributed by atoms with van der Waals surface area (Å²) in [6.45, 7) is 0. The van der Waals surface area contributed by atoms with E-state index in [9.17, 15) is 44.9 Å². The first kappa shape index (κ1) is 26.1. The number of carbonyl (C=O) groups is 3. The number of benzene rings is 2. The Labute approximate surface area is 221 Å². The normalized spacial score (nSPS) is 26.3. The Morgan fingerprint density at radius 3 is 2.38 bits per heavy atom. The third kappa shape index (κ3) is 3.48. The van der Waals surface area contributed by atoms with Gasteiger partial charge in [0.1, 0.15) is 22.8 Å². The Morgan fingerprint density at radius 1 is 1.10 bits per heavy atom. The standard InChI is InChI=1S/C27H25N3O9/c1-29(2)21-15-10-11-9-14-12(13-5-3-4-6-16(13)30(38)39)7-8-17(31)19(14)22(32)18(11)24(34)27(15,37)25(35)20(23(21)33)26(28)36/h3-8,11,15,21,31-32,35,37H,9-10H2,1-2H3,(H2,28,36)/t11?,15?,21-,27-/m0/s1. The highest BCUT2D eigenvalue weighted by molar-refractivity contribution is 6.24. The number of fused-ring (bicyclic) bond motifs is 3. The molecular weight excluding hydrogens is 510 g/mol. The van der Waals surface area contributed by atoms with E-state index in [-0.39, 0.29) is 35.2 Å². The number of Topliss-reactive ketones (excluding diaryl/α,β-unsaturated/α-hetero) is 2. The summed E-state index contributed by atoms with van der Waals surface area (Å²) in [6, 6.07) is 7.47. The third-order valence-electron chi connectivity index (χ3n) is 8.00. The van der Waals surface area contributed by atoms with Crippen molar-refractivity contribution in [1.29, 1.82) is 0 Å². The molecule has 5 rings (SSSR count). The Bertz CT molecular complexity index is 1560. The number of primary amides is 1. The Morgan fingerprint density at radius 2 is 1.77 bits per heavy atom. The molecule has 202 valence electrons. The minimum absolute atomic E-state index is 0.0182. The molecule has 1 fully saturated rings. The molecule has 0 heterocycles. The molecule has 6 N–H and O–H groups in total. The van der Waals surface area contributed by atoms with Gasteiger partial charge in [-0.1, -0.05) is 18.2 Å². The molecule has 12 nitrogen and oxygen atoms in total. The van der Waals surface area contributed by atoms with Gasteiger partial charge in [-0.15, -0.1) is 0 Å². The maximum absolute atomic E-state index is 13.9. The number of phenolic OH excluding ortho intramolecular Hbond substituents is 1. The van der Waals surface area contributed by atoms with Crippen molar-refractivity contribution in [3.8, 4) is 16.9 Å². The summed E-state index contributed by atoms with van der Waals surface area (Å²) >= 11 is 0. The molecule has 0 bridgehead atoms. The number of ketones is 2. The average Bonchev–Trinajstić information content (AvgIpc) is 2.86. The monoisotopic (exact) mass is 535 g/mol. The van der Waals surface area contributed by atoms with Crippen LogP contribution in [0.1, 0.15) is 17.5 Å². The van der Waals surface area contributed by atoms with Gasteiger partial charge >= 0.3 is 0 Å². The number of nitro groups is 1. The molecule has 3 aliphatic rings. The van der Waals surface area contributed by atoms with Gasteiger partial charge in [-0.05, 0) is 56.1 Å². The molecular formula is C27H25N3O9. The summed E-state index contributed by atoms with van der Waals surface area (Å²) < 4.78 is 0. The van der Waals surface area contributed by atoms with Gasteiger partial charge in [0.15, 0.2) is 11.4 Å². The second kappa shape index (κ2) is 8.75. The number of hydrogen-bond donors (Lipinski definition) is 5. The zero-order chi connectivity index (χ0) is 28.5. The number of nitro benzene ring substituents is 1. The molecule has 0 aromatic heterocycles. The quantitative estimate of drug-likeness (QED) is 0.217. The van der Waals surface area contributed by atoms with Crippen LogP contribution < -0.4 is 5.73 Å². The van der Waals surface area contributed by atoms with Crippen LogP contribution in [-0.2, 0) is 20.8 Å². The SMILES string of the molecule is CN(C)[C@@H]1C(=O)C(C(N)=O)=C(O)[C@@]2(O)C(=O)C3=C(O)c4c(O)ccc(-c5ccccc5[N+](=O)[O-])c4CC3CC12. The number of aliphatic hydroxyl groups is 3. The van der Waals surface area contributed by atoms with Crippen molar-refractivity contribution in [2.45, 2.75) is 24.5 Å². The number of phenols is 1. The highest BCUT2D eigenvalue weighted by Gasteiger charge is 2.64. The van der Waals surface area contributed by atoms with Gasteiger partial charge in [0.05, 0.1) is 22.1 Å². The number of amides is 1. The number of nitrogens with zero attached hydrogens (tertiary/aromatic N) is 2. The summed E-state index contributed by atoms with van der Waals surface area (Å²) in [6.07, 6.45) is -0.0674. The molecule has 4 atom stereocenters. The van der Waals surface area contributed by atoms with E-state index in [4.69, 9.17) is 5.73 Å². The van der Waals surface area contributed by atoms with E-state index in [1.165, 1.54) is 49.3 Å². The Kier molecular flexibility index (Phi) is 5.85. The molecule has 12 heteroatoms. The maximum atomic E-state index is 13.9. The molecule has 0 radical (unpaired) electrons. The van der Waals surface area contributed by atoms with Crippen LogP contribution >= 0.6 is 0 Å². The van der Waals surface area contributed by atoms with Crippen molar-refractivity contribution >= 4 is 28.9 Å². The second-order valence-corrected chi connectivity index (χ2v) is 10.2. The lowest BCUT2D eigenvalue weighted by atomic mass is 9.57. The fraction of sp³-hybridized carbons (Fsp3) is 0.296. The fourth-order valence-electron chi connectivity index (χ4n) is 6.36. The number of likely N-dealkylation sites (N-methyl/N-ethyl adjacent to an activating group) is 1. The zero-order valence-corrected chi connectivity index (χ0v) is 20.9. The first-order valence-corrected chi connectivity index (χ1v) is 12.1. The van der Waals surface area contributed by atoms with Crippen LogP contribution in [0.4, 0.5) is 5.69 Å². The van der Waals surface area contributed by atoms with Gasteiger partial charge in [-0.2, -0.15) is 0 Å². The van der Waals surface area contributed by atoms with Crippen LogP contribution in [0.15, 0.2) is 53.3 Å². The van der Waals surface area contributed by atoms with E-state index in [0.29, 0.717) is 11.1 Å². The van der Waals surface area contributed by atoms with Gasteiger partial charge < -0.3 is 26.2 Å². The van der Waals surface area contributed by atoms with Crippen LogP contribution in [-0.4, -0.2) is 73.5 Å². The molecule has 0 saturated heterocycles. The van der Waals surface area contributed by atoms with Crippen molar-refractivity contribution in [3.05, 3.63) is 74.5 Å². The van der Waals surface area contributed by atoms with Gasteiger partial charge in [0, 0.05) is 17.6 Å². The average molecular weight is 536 g/mol. The van der Waals surface area contributed by atoms with E-state index < -0.39 is 68.7 Å². The Balaban J connectivity index is 1.76. The van der Waals surface area contributed by atoms with Gasteiger partial charge in [-0.3, -0.25) is 29.4 Å². The molecule has 39 heavy (non-hydrogen) atoms. The van der Waals surface area contributed by atoms with Crippen LogP contribution in [0.25, 0.3) is 16.9 Å². The van der Waals surface area contributed by atoms with Crippen LogP contribution in [0, 0.1) is 22.0 Å². The molecule has 1 amide bonds. The lowest BCUT2D eigenvalue weighted by Crippen LogP contribution is -2.65. The minimum Gasteiger partial charge on any atom is -0.508 e. The van der Waals surface area contributed by atoms with E-state index in [2.05, 4.69) is 0 Å². The molecule has 2 aromatic carbocycles. The number of aliphatic hydroxyl groups excluding tert-OH is 2. The lowest BCUT2D eigenvalue weighted by Gasteiger charge is -2.50. The first-order valence-electron chi connectivity index (χ1n) is 12.1. The predicted octanol–water partition coefficient (Wildman–Crippen LogP) is 1.54. The third-order valence-corrected chi connectivity index (χ3v) is 8.00. The van der Waals surface area contributed by atoms with Crippen molar-refractivity contribution in [2.24, 2.45) is 17.6 Å². The molecule has 3 aliphatic carbocycles. The van der Waals surface area contributed by atoms with Crippen molar-refractivity contribution < 1.29 is 39.7 Å². The number of rotatable bonds is 4. The number of hydrogen-bond acceptors (Lipinski definition) is 10. The summed E-state index contributed by atoms with van der Waals surface area (Å²) in [7, 11) is 3.02. The predicted molar refractivity (Wildman–Crippen MR) is 136 cm³/mol. The second-order valence-electron chi connectivity index (χ2n) is 10.2.